The smallest absolute Gasteiger partial charge is 0.274 e. The highest BCUT2D eigenvalue weighted by atomic mass is 32.1. The van der Waals surface area contributed by atoms with Crippen LogP contribution in [0, 0.1) is 28.6 Å². The maximum Gasteiger partial charge on any atom is 0.274 e. The molecule has 5 aliphatic rings. The van der Waals surface area contributed by atoms with E-state index >= 15 is 0 Å². The van der Waals surface area contributed by atoms with Gasteiger partial charge in [0.1, 0.15) is 23.5 Å². The quantitative estimate of drug-likeness (QED) is 0.147. The van der Waals surface area contributed by atoms with E-state index in [4.69, 9.17) is 4.98 Å². The number of likely N-dealkylation sites (tertiary alicyclic amines) is 1. The van der Waals surface area contributed by atoms with Crippen LogP contribution < -0.4 is 16.0 Å². The number of imide groups is 2. The molecule has 0 radical (unpaired) electrons. The van der Waals surface area contributed by atoms with Crippen molar-refractivity contribution in [3.05, 3.63) is 81.6 Å². The average Bonchev–Trinajstić information content (AvgIpc) is 3.74. The lowest BCUT2D eigenvalue weighted by Gasteiger charge is -2.60. The summed E-state index contributed by atoms with van der Waals surface area (Å²) in [5.41, 5.74) is 1.94. The minimum atomic E-state index is -1.27. The monoisotopic (exact) mass is 842 g/mol. The number of fused-ring (bicyclic) bond motifs is 2. The largest absolute Gasteiger partial charge is 0.386 e. The number of anilines is 2. The van der Waals surface area contributed by atoms with Crippen molar-refractivity contribution in [2.24, 2.45) is 17.3 Å². The molecule has 2 saturated heterocycles. The molecule has 6 amide bonds. The Kier molecular flexibility index (Phi) is 10.2. The molecule has 2 aromatic heterocycles. The number of benzene rings is 2. The molecule has 2 saturated carbocycles. The number of nitrogens with zero attached hydrogens (tertiary/aromatic N) is 5. The molecule has 4 N–H and O–H groups in total. The normalized spacial score (nSPS) is 22.4. The number of pyridine rings is 1. The van der Waals surface area contributed by atoms with Crippen molar-refractivity contribution in [1.82, 2.24) is 25.1 Å². The van der Waals surface area contributed by atoms with Gasteiger partial charge < -0.3 is 20.6 Å². The lowest BCUT2D eigenvalue weighted by molar-refractivity contribution is -0.160. The van der Waals surface area contributed by atoms with Crippen LogP contribution in [0.3, 0.4) is 0 Å². The van der Waals surface area contributed by atoms with Crippen LogP contribution in [0.1, 0.15) is 125 Å². The summed E-state index contributed by atoms with van der Waals surface area (Å²) < 4.78 is 0.879. The predicted molar refractivity (Wildman–Crippen MR) is 224 cm³/mol. The summed E-state index contributed by atoms with van der Waals surface area (Å²) in [5.74, 6) is -1.63. The molecule has 9 rings (SSSR count). The Labute approximate surface area is 355 Å². The van der Waals surface area contributed by atoms with Gasteiger partial charge in [-0.2, -0.15) is 5.26 Å². The maximum atomic E-state index is 13.6. The van der Waals surface area contributed by atoms with Crippen LogP contribution in [0.15, 0.2) is 48.5 Å². The Morgan fingerprint density at radius 3 is 2.46 bits per heavy atom. The van der Waals surface area contributed by atoms with Gasteiger partial charge in [0.2, 0.25) is 17.7 Å². The van der Waals surface area contributed by atoms with Crippen molar-refractivity contribution >= 4 is 68.4 Å². The number of amides is 6. The van der Waals surface area contributed by atoms with E-state index in [1.165, 1.54) is 12.1 Å². The van der Waals surface area contributed by atoms with Gasteiger partial charge in [-0.15, -0.1) is 11.3 Å². The zero-order valence-electron chi connectivity index (χ0n) is 34.0. The van der Waals surface area contributed by atoms with Crippen molar-refractivity contribution in [3.63, 3.8) is 0 Å². The van der Waals surface area contributed by atoms with Crippen molar-refractivity contribution in [3.8, 4) is 6.07 Å². The second kappa shape index (κ2) is 15.4. The van der Waals surface area contributed by atoms with Gasteiger partial charge in [-0.3, -0.25) is 39.0 Å². The number of hydrogen-bond acceptors (Lipinski definition) is 12. The minimum absolute atomic E-state index is 0.00657. The summed E-state index contributed by atoms with van der Waals surface area (Å²) in [4.78, 5) is 89.6. The first-order chi connectivity index (χ1) is 29.2. The molecule has 4 aromatic rings. The topological polar surface area (TPSA) is 215 Å². The molecule has 16 heteroatoms. The number of hydrogen-bond donors (Lipinski definition) is 4. The minimum Gasteiger partial charge on any atom is -0.386 e. The van der Waals surface area contributed by atoms with Crippen LogP contribution in [0.25, 0.3) is 10.2 Å². The predicted octanol–water partition coefficient (Wildman–Crippen LogP) is 5.46. The zero-order valence-corrected chi connectivity index (χ0v) is 34.8. The molecular weight excluding hydrogens is 797 g/mol. The highest BCUT2D eigenvalue weighted by Gasteiger charge is 2.54. The second-order valence-corrected chi connectivity index (χ2v) is 18.9. The highest BCUT2D eigenvalue weighted by molar-refractivity contribution is 7.18. The molecule has 0 bridgehead atoms. The van der Waals surface area contributed by atoms with E-state index in [-0.39, 0.29) is 58.5 Å². The molecule has 2 aromatic carbocycles. The first kappa shape index (κ1) is 40.4. The van der Waals surface area contributed by atoms with Crippen LogP contribution in [-0.4, -0.2) is 86.0 Å². The van der Waals surface area contributed by atoms with Crippen molar-refractivity contribution in [1.29, 1.82) is 5.26 Å². The summed E-state index contributed by atoms with van der Waals surface area (Å²) in [7, 11) is 0. The fourth-order valence-corrected chi connectivity index (χ4v) is 11.2. The van der Waals surface area contributed by atoms with E-state index in [2.05, 4.69) is 20.9 Å². The van der Waals surface area contributed by atoms with Crippen molar-refractivity contribution in [2.75, 3.05) is 30.3 Å². The number of aromatic nitrogens is 2. The Bertz CT molecular complexity index is 2550. The number of nitriles is 1. The molecular formula is C45H46N8O7S. The second-order valence-electron chi connectivity index (χ2n) is 17.9. The van der Waals surface area contributed by atoms with E-state index in [1.807, 2.05) is 23.1 Å². The van der Waals surface area contributed by atoms with Crippen LogP contribution in [-0.2, 0) is 20.0 Å². The first-order valence-corrected chi connectivity index (χ1v) is 21.7. The number of thiazole rings is 1. The fraction of sp³-hybridized carbons (Fsp3) is 0.444. The average molecular weight is 843 g/mol. The van der Waals surface area contributed by atoms with Gasteiger partial charge >= 0.3 is 0 Å². The zero-order chi connectivity index (χ0) is 42.8. The van der Waals surface area contributed by atoms with E-state index in [1.54, 1.807) is 49.4 Å². The highest BCUT2D eigenvalue weighted by Crippen LogP contribution is 2.54. The molecule has 1 unspecified atom stereocenters. The van der Waals surface area contributed by atoms with Gasteiger partial charge in [0.05, 0.1) is 32.0 Å². The number of piperidine rings is 1. The molecule has 314 valence electrons. The number of carbonyl (C=O) groups is 6. The summed E-state index contributed by atoms with van der Waals surface area (Å²) in [6.07, 6.45) is 6.46. The third-order valence-corrected chi connectivity index (χ3v) is 14.3. The summed E-state index contributed by atoms with van der Waals surface area (Å²) in [5, 5.41) is 29.7. The van der Waals surface area contributed by atoms with Gasteiger partial charge in [0.25, 0.3) is 17.7 Å². The number of nitrogens with one attached hydrogen (secondary N) is 3. The third kappa shape index (κ3) is 7.54. The van der Waals surface area contributed by atoms with E-state index in [0.29, 0.717) is 29.4 Å². The van der Waals surface area contributed by atoms with E-state index < -0.39 is 41.2 Å². The Morgan fingerprint density at radius 2 is 1.74 bits per heavy atom. The maximum absolute atomic E-state index is 13.6. The van der Waals surface area contributed by atoms with Gasteiger partial charge in [0, 0.05) is 60.2 Å². The van der Waals surface area contributed by atoms with Gasteiger partial charge in [-0.05, 0) is 108 Å². The van der Waals surface area contributed by atoms with Crippen LogP contribution in [0.2, 0.25) is 0 Å². The Morgan fingerprint density at radius 1 is 0.984 bits per heavy atom. The summed E-state index contributed by atoms with van der Waals surface area (Å²) in [6, 6.07) is 14.4. The van der Waals surface area contributed by atoms with Gasteiger partial charge in [-0.1, -0.05) is 12.1 Å². The molecule has 15 nitrogen and oxygen atoms in total. The lowest BCUT2D eigenvalue weighted by Crippen LogP contribution is -2.64. The molecule has 1 spiro atoms. The number of carbonyl (C=O) groups excluding carboxylic acids is 6. The number of rotatable bonds is 10. The Hall–Kier alpha value is -6.05. The molecule has 3 aliphatic heterocycles. The van der Waals surface area contributed by atoms with Gasteiger partial charge in [-0.25, -0.2) is 9.97 Å². The molecule has 4 fully saturated rings. The van der Waals surface area contributed by atoms with E-state index in [9.17, 15) is 39.1 Å². The molecule has 61 heavy (non-hydrogen) atoms. The summed E-state index contributed by atoms with van der Waals surface area (Å²) in [6.45, 7) is 5.50. The Balaban J connectivity index is 0.747. The van der Waals surface area contributed by atoms with Gasteiger partial charge in [0.15, 0.2) is 0 Å². The number of aliphatic hydroxyl groups is 1. The van der Waals surface area contributed by atoms with Crippen LogP contribution in [0.4, 0.5) is 11.4 Å². The molecule has 2 aliphatic carbocycles. The van der Waals surface area contributed by atoms with Crippen LogP contribution in [0.5, 0.6) is 0 Å². The standard InChI is InChI=1S/C45H46N8O7S/c1-44(2,60)29-17-33-35(18-32(29)49-38(55)31-8-3-5-27(21-46)48-31)61-40(50-33)25-9-11-26(12-10-25)41(57)52-22-45(23-52)19-24(20-45)15-16-47-30-7-4-6-28-37(30)43(59)53(42(28)58)34-13-14-36(54)51-39(34)56/h3-8,17-18,24-26,34,47,60H,9-16,19-20,22-23H2,1-2H3,(H,49,55)(H,51,54,56). The lowest BCUT2D eigenvalue weighted by atomic mass is 9.56. The SMILES string of the molecule is CC(C)(O)c1cc2nc(C3CCC(C(=O)N4CC5(CC(CCNc6cccc7c6C(=O)N(C6CCC(=O)NC6=O)C7=O)C5)C4)CC3)sc2cc1NC(=O)c1cccc(C#N)n1. The molecule has 1 atom stereocenters. The molecule has 5 heterocycles. The fourth-order valence-electron chi connectivity index (χ4n) is 10.1. The third-order valence-electron chi connectivity index (χ3n) is 13.1. The van der Waals surface area contributed by atoms with Crippen molar-refractivity contribution < 1.29 is 33.9 Å². The van der Waals surface area contributed by atoms with Crippen molar-refractivity contribution in [2.45, 2.75) is 89.2 Å². The first-order valence-electron chi connectivity index (χ1n) is 20.9. The van der Waals surface area contributed by atoms with E-state index in [0.717, 1.165) is 78.2 Å². The van der Waals surface area contributed by atoms with Crippen LogP contribution >= 0.6 is 11.3 Å². The summed E-state index contributed by atoms with van der Waals surface area (Å²) >= 11 is 1.57.